The molecule has 1 aliphatic heterocycles. The van der Waals surface area contributed by atoms with E-state index in [1.54, 1.807) is 11.4 Å². The molecule has 206 valence electrons. The maximum atomic E-state index is 13.4. The molecule has 3 aromatic heterocycles. The number of piperidine rings is 1. The summed E-state index contributed by atoms with van der Waals surface area (Å²) in [6.45, 7) is 1.67. The standard InChI is InChI=1S/C30H36N4O4S/c1-37-24-8-10-25(11-9-24)38-19-22-3-2-16-34(18-22)39(35,36)20-21-4-6-23(7-5-21)26-12-14-31-28-17-33-30-27(29(26)28)13-15-32-30/h8-15,17,21-23H,2-7,16,18-20H2,1H3,(H,32,33). The Morgan fingerprint density at radius 3 is 2.56 bits per heavy atom. The molecule has 4 aromatic rings. The molecule has 4 heterocycles. The van der Waals surface area contributed by atoms with E-state index in [0.717, 1.165) is 66.6 Å². The third kappa shape index (κ3) is 5.61. The van der Waals surface area contributed by atoms with E-state index >= 15 is 0 Å². The number of sulfonamides is 1. The Morgan fingerprint density at radius 2 is 1.77 bits per heavy atom. The zero-order valence-corrected chi connectivity index (χ0v) is 23.2. The van der Waals surface area contributed by atoms with E-state index in [2.05, 4.69) is 27.1 Å². The predicted octanol–water partition coefficient (Wildman–Crippen LogP) is 5.51. The highest BCUT2D eigenvalue weighted by molar-refractivity contribution is 7.89. The topological polar surface area (TPSA) is 97.4 Å². The molecule has 1 saturated carbocycles. The van der Waals surface area contributed by atoms with Crippen LogP contribution in [0.1, 0.15) is 50.0 Å². The van der Waals surface area contributed by atoms with Crippen LogP contribution in [-0.4, -0.2) is 60.2 Å². The Hall–Kier alpha value is -3.17. The summed E-state index contributed by atoms with van der Waals surface area (Å²) >= 11 is 0. The first-order valence-electron chi connectivity index (χ1n) is 14.0. The fourth-order valence-electron chi connectivity index (χ4n) is 6.37. The lowest BCUT2D eigenvalue weighted by molar-refractivity contribution is 0.179. The third-order valence-electron chi connectivity index (χ3n) is 8.48. The van der Waals surface area contributed by atoms with Crippen LogP contribution in [-0.2, 0) is 10.0 Å². The number of pyridine rings is 2. The highest BCUT2D eigenvalue weighted by Crippen LogP contribution is 2.40. The summed E-state index contributed by atoms with van der Waals surface area (Å²) < 4.78 is 39.8. The molecule has 2 aliphatic rings. The summed E-state index contributed by atoms with van der Waals surface area (Å²) in [5, 5.41) is 2.28. The molecule has 1 atom stereocenters. The number of benzene rings is 1. The number of rotatable bonds is 8. The van der Waals surface area contributed by atoms with Gasteiger partial charge in [0.15, 0.2) is 0 Å². The van der Waals surface area contributed by atoms with E-state index in [1.165, 1.54) is 10.9 Å². The first-order valence-corrected chi connectivity index (χ1v) is 15.6. The maximum Gasteiger partial charge on any atom is 0.214 e. The second-order valence-corrected chi connectivity index (χ2v) is 13.0. The normalized spacial score (nSPS) is 22.7. The van der Waals surface area contributed by atoms with E-state index in [0.29, 0.717) is 25.6 Å². The molecule has 0 radical (unpaired) electrons. The van der Waals surface area contributed by atoms with Gasteiger partial charge in [-0.3, -0.25) is 4.98 Å². The van der Waals surface area contributed by atoms with Gasteiger partial charge in [-0.2, -0.15) is 0 Å². The van der Waals surface area contributed by atoms with Crippen molar-refractivity contribution < 1.29 is 17.9 Å². The minimum Gasteiger partial charge on any atom is -0.497 e. The largest absolute Gasteiger partial charge is 0.497 e. The van der Waals surface area contributed by atoms with Crippen LogP contribution in [0.2, 0.25) is 0 Å². The molecule has 0 spiro atoms. The van der Waals surface area contributed by atoms with E-state index in [4.69, 9.17) is 9.47 Å². The Labute approximate surface area is 229 Å². The molecular weight excluding hydrogens is 512 g/mol. The number of nitrogens with one attached hydrogen (secondary N) is 1. The van der Waals surface area contributed by atoms with Crippen LogP contribution in [0.15, 0.2) is 55.0 Å². The molecule has 39 heavy (non-hydrogen) atoms. The number of aromatic nitrogens is 3. The molecule has 8 nitrogen and oxygen atoms in total. The fourth-order valence-corrected chi connectivity index (χ4v) is 8.35. The van der Waals surface area contributed by atoms with Gasteiger partial charge >= 0.3 is 0 Å². The van der Waals surface area contributed by atoms with Crippen LogP contribution in [0, 0.1) is 11.8 Å². The summed E-state index contributed by atoms with van der Waals surface area (Å²) in [6.07, 6.45) is 11.3. The molecule has 6 rings (SSSR count). The summed E-state index contributed by atoms with van der Waals surface area (Å²) in [7, 11) is -1.67. The number of nitrogens with zero attached hydrogens (tertiary/aromatic N) is 3. The Bertz CT molecular complexity index is 1530. The van der Waals surface area contributed by atoms with Gasteiger partial charge in [0.05, 0.1) is 31.2 Å². The summed E-state index contributed by atoms with van der Waals surface area (Å²) in [6, 6.07) is 11.7. The average Bonchev–Trinajstić information content (AvgIpc) is 3.46. The van der Waals surface area contributed by atoms with Crippen molar-refractivity contribution in [2.45, 2.75) is 44.4 Å². The van der Waals surface area contributed by atoms with Gasteiger partial charge < -0.3 is 14.5 Å². The van der Waals surface area contributed by atoms with E-state index in [-0.39, 0.29) is 17.6 Å². The molecule has 0 bridgehead atoms. The van der Waals surface area contributed by atoms with Crippen molar-refractivity contribution in [2.24, 2.45) is 11.8 Å². The Morgan fingerprint density at radius 1 is 0.974 bits per heavy atom. The van der Waals surface area contributed by atoms with Gasteiger partial charge in [0.2, 0.25) is 10.0 Å². The molecule has 9 heteroatoms. The van der Waals surface area contributed by atoms with Crippen molar-refractivity contribution in [3.8, 4) is 11.5 Å². The first kappa shape index (κ1) is 26.1. The van der Waals surface area contributed by atoms with Crippen LogP contribution < -0.4 is 9.47 Å². The van der Waals surface area contributed by atoms with E-state index in [1.807, 2.05) is 42.9 Å². The van der Waals surface area contributed by atoms with Crippen molar-refractivity contribution in [2.75, 3.05) is 32.6 Å². The van der Waals surface area contributed by atoms with E-state index in [9.17, 15) is 8.42 Å². The van der Waals surface area contributed by atoms with Crippen LogP contribution >= 0.6 is 0 Å². The molecule has 1 aliphatic carbocycles. The minimum atomic E-state index is -3.31. The van der Waals surface area contributed by atoms with Crippen molar-refractivity contribution in [1.82, 2.24) is 19.3 Å². The number of hydrogen-bond donors (Lipinski definition) is 1. The van der Waals surface area contributed by atoms with Crippen molar-refractivity contribution in [1.29, 1.82) is 0 Å². The summed E-state index contributed by atoms with van der Waals surface area (Å²) in [5.74, 6) is 2.62. The van der Waals surface area contributed by atoms with Crippen LogP contribution in [0.4, 0.5) is 0 Å². The van der Waals surface area contributed by atoms with Crippen molar-refractivity contribution in [3.05, 3.63) is 60.6 Å². The zero-order chi connectivity index (χ0) is 26.8. The Balaban J connectivity index is 1.05. The number of H-pyrrole nitrogens is 1. The number of hydrogen-bond acceptors (Lipinski definition) is 6. The number of ether oxygens (including phenoxy) is 2. The minimum absolute atomic E-state index is 0.198. The number of methoxy groups -OCH3 is 1. The van der Waals surface area contributed by atoms with Gasteiger partial charge in [0.1, 0.15) is 17.1 Å². The molecular formula is C30H36N4O4S. The second-order valence-electron chi connectivity index (χ2n) is 11.0. The quantitative estimate of drug-likeness (QED) is 0.312. The van der Waals surface area contributed by atoms with Crippen molar-refractivity contribution in [3.63, 3.8) is 0 Å². The van der Waals surface area contributed by atoms with Crippen LogP contribution in [0.3, 0.4) is 0 Å². The highest BCUT2D eigenvalue weighted by Gasteiger charge is 2.33. The number of aromatic amines is 1. The molecule has 0 amide bonds. The zero-order valence-electron chi connectivity index (χ0n) is 22.4. The lowest BCUT2D eigenvalue weighted by Crippen LogP contribution is -2.43. The lowest BCUT2D eigenvalue weighted by atomic mass is 9.78. The van der Waals surface area contributed by atoms with E-state index < -0.39 is 10.0 Å². The average molecular weight is 549 g/mol. The van der Waals surface area contributed by atoms with Crippen LogP contribution in [0.5, 0.6) is 11.5 Å². The van der Waals surface area contributed by atoms with Gasteiger partial charge in [0.25, 0.3) is 0 Å². The van der Waals surface area contributed by atoms with Gasteiger partial charge in [-0.25, -0.2) is 17.7 Å². The maximum absolute atomic E-state index is 13.4. The highest BCUT2D eigenvalue weighted by atomic mass is 32.2. The van der Waals surface area contributed by atoms with Gasteiger partial charge in [0, 0.05) is 42.2 Å². The predicted molar refractivity (Wildman–Crippen MR) is 153 cm³/mol. The monoisotopic (exact) mass is 548 g/mol. The van der Waals surface area contributed by atoms with Crippen molar-refractivity contribution >= 4 is 32.0 Å². The SMILES string of the molecule is COc1ccc(OCC2CCCN(S(=O)(=O)CC3CCC(c4ccnc5cnc6[nH]ccc6c45)CC3)C2)cc1. The fraction of sp³-hybridized carbons (Fsp3) is 0.467. The van der Waals surface area contributed by atoms with Crippen LogP contribution in [0.25, 0.3) is 21.9 Å². The lowest BCUT2D eigenvalue weighted by Gasteiger charge is -2.34. The molecule has 1 unspecified atom stereocenters. The second kappa shape index (κ2) is 11.1. The summed E-state index contributed by atoms with van der Waals surface area (Å²) in [5.41, 5.74) is 3.11. The van der Waals surface area contributed by atoms with Gasteiger partial charge in [-0.05, 0) is 92.3 Å². The first-order chi connectivity index (χ1) is 19.0. The molecule has 1 N–H and O–H groups in total. The Kier molecular flexibility index (Phi) is 7.44. The number of fused-ring (bicyclic) bond motifs is 3. The molecule has 1 saturated heterocycles. The molecule has 2 fully saturated rings. The summed E-state index contributed by atoms with van der Waals surface area (Å²) in [4.78, 5) is 12.2. The molecule has 1 aromatic carbocycles. The third-order valence-corrected chi connectivity index (χ3v) is 10.5. The van der Waals surface area contributed by atoms with Gasteiger partial charge in [-0.1, -0.05) is 0 Å². The smallest absolute Gasteiger partial charge is 0.214 e. The van der Waals surface area contributed by atoms with Gasteiger partial charge in [-0.15, -0.1) is 0 Å².